The van der Waals surface area contributed by atoms with E-state index in [1.807, 2.05) is 0 Å². The minimum absolute atomic E-state index is 0.0504. The normalized spacial score (nSPS) is 10.3. The number of anilines is 2. The molecule has 0 aromatic heterocycles. The summed E-state index contributed by atoms with van der Waals surface area (Å²) < 4.78 is 0. The van der Waals surface area contributed by atoms with Crippen molar-refractivity contribution >= 4 is 23.3 Å². The quantitative estimate of drug-likeness (QED) is 0.593. The molecule has 5 heteroatoms. The van der Waals surface area contributed by atoms with Crippen LogP contribution in [0.2, 0.25) is 0 Å². The number of benzene rings is 1. The van der Waals surface area contributed by atoms with Crippen LogP contribution in [0.15, 0.2) is 18.2 Å². The van der Waals surface area contributed by atoms with Gasteiger partial charge in [0.25, 0.3) is 0 Å². The van der Waals surface area contributed by atoms with Crippen molar-refractivity contribution in [3.63, 3.8) is 0 Å². The molecule has 0 atom stereocenters. The molecule has 1 aromatic carbocycles. The van der Waals surface area contributed by atoms with E-state index in [0.717, 1.165) is 25.7 Å². The molecule has 0 aliphatic carbocycles. The van der Waals surface area contributed by atoms with Gasteiger partial charge in [0.15, 0.2) is 0 Å². The van der Waals surface area contributed by atoms with E-state index in [-0.39, 0.29) is 11.5 Å². The van der Waals surface area contributed by atoms with Gasteiger partial charge in [-0.25, -0.2) is 4.79 Å². The van der Waals surface area contributed by atoms with Crippen LogP contribution in [-0.4, -0.2) is 24.0 Å². The standard InChI is InChI=1S/C15H22N2O3/c1-3-4-5-6-7-14(18)17(2)13-9-8-11(16)10-12(13)15(19)20/h8-10H,3-7,16H2,1-2H3,(H,19,20). The van der Waals surface area contributed by atoms with Crippen molar-refractivity contribution < 1.29 is 14.7 Å². The van der Waals surface area contributed by atoms with Crippen LogP contribution in [0.5, 0.6) is 0 Å². The van der Waals surface area contributed by atoms with Gasteiger partial charge in [-0.15, -0.1) is 0 Å². The van der Waals surface area contributed by atoms with Gasteiger partial charge in [0, 0.05) is 19.2 Å². The summed E-state index contributed by atoms with van der Waals surface area (Å²) in [7, 11) is 1.60. The molecule has 0 saturated carbocycles. The maximum atomic E-state index is 12.1. The van der Waals surface area contributed by atoms with Gasteiger partial charge in [0.05, 0.1) is 11.3 Å². The molecule has 3 N–H and O–H groups in total. The summed E-state index contributed by atoms with van der Waals surface area (Å²) in [6.45, 7) is 2.11. The first-order valence-electron chi connectivity index (χ1n) is 6.86. The zero-order valence-electron chi connectivity index (χ0n) is 12.1. The molecular weight excluding hydrogens is 256 g/mol. The van der Waals surface area contributed by atoms with Gasteiger partial charge < -0.3 is 15.7 Å². The van der Waals surface area contributed by atoms with Gasteiger partial charge >= 0.3 is 5.97 Å². The van der Waals surface area contributed by atoms with E-state index in [4.69, 9.17) is 5.73 Å². The number of hydrogen-bond acceptors (Lipinski definition) is 3. The molecule has 0 aliphatic rings. The fourth-order valence-corrected chi connectivity index (χ4v) is 2.02. The van der Waals surface area contributed by atoms with Crippen LogP contribution < -0.4 is 10.6 Å². The minimum atomic E-state index is -1.09. The average molecular weight is 278 g/mol. The van der Waals surface area contributed by atoms with E-state index in [1.54, 1.807) is 19.2 Å². The molecule has 5 nitrogen and oxygen atoms in total. The lowest BCUT2D eigenvalue weighted by Gasteiger charge is -2.19. The Labute approximate surface area is 119 Å². The van der Waals surface area contributed by atoms with Crippen LogP contribution >= 0.6 is 0 Å². The number of carbonyl (C=O) groups excluding carboxylic acids is 1. The van der Waals surface area contributed by atoms with E-state index in [2.05, 4.69) is 6.92 Å². The number of unbranched alkanes of at least 4 members (excludes halogenated alkanes) is 3. The lowest BCUT2D eigenvalue weighted by Crippen LogP contribution is -2.27. The Hall–Kier alpha value is -2.04. The summed E-state index contributed by atoms with van der Waals surface area (Å²) in [6.07, 6.45) is 4.50. The van der Waals surface area contributed by atoms with Crippen molar-refractivity contribution in [2.45, 2.75) is 39.0 Å². The van der Waals surface area contributed by atoms with Crippen molar-refractivity contribution in [3.8, 4) is 0 Å². The third kappa shape index (κ3) is 4.26. The van der Waals surface area contributed by atoms with Crippen molar-refractivity contribution in [1.82, 2.24) is 0 Å². The smallest absolute Gasteiger partial charge is 0.337 e. The SMILES string of the molecule is CCCCCCC(=O)N(C)c1ccc(N)cc1C(=O)O. The second-order valence-corrected chi connectivity index (χ2v) is 4.85. The highest BCUT2D eigenvalue weighted by molar-refractivity contribution is 6.02. The Kier molecular flexibility index (Phi) is 6.03. The van der Waals surface area contributed by atoms with Crippen LogP contribution in [0.1, 0.15) is 49.4 Å². The summed E-state index contributed by atoms with van der Waals surface area (Å²) in [4.78, 5) is 24.7. The Balaban J connectivity index is 2.78. The zero-order chi connectivity index (χ0) is 15.1. The number of aromatic carboxylic acids is 1. The molecular formula is C15H22N2O3. The summed E-state index contributed by atoms with van der Waals surface area (Å²) in [6, 6.07) is 4.55. The highest BCUT2D eigenvalue weighted by Gasteiger charge is 2.18. The van der Waals surface area contributed by atoms with Gasteiger partial charge in [-0.3, -0.25) is 4.79 Å². The number of rotatable bonds is 7. The molecule has 0 aliphatic heterocycles. The third-order valence-electron chi connectivity index (χ3n) is 3.23. The molecule has 1 aromatic rings. The summed E-state index contributed by atoms with van der Waals surface area (Å²) in [5, 5.41) is 9.17. The molecule has 0 fully saturated rings. The Morgan fingerprint density at radius 1 is 1.25 bits per heavy atom. The Bertz CT molecular complexity index is 486. The van der Waals surface area contributed by atoms with E-state index < -0.39 is 5.97 Å². The molecule has 1 amide bonds. The number of carboxylic acid groups (broad SMARTS) is 1. The van der Waals surface area contributed by atoms with E-state index >= 15 is 0 Å². The molecule has 0 radical (unpaired) electrons. The van der Waals surface area contributed by atoms with E-state index in [0.29, 0.717) is 17.8 Å². The predicted octanol–water partition coefficient (Wildman–Crippen LogP) is 2.90. The first-order valence-corrected chi connectivity index (χ1v) is 6.86. The van der Waals surface area contributed by atoms with Crippen LogP contribution in [0.25, 0.3) is 0 Å². The van der Waals surface area contributed by atoms with E-state index in [9.17, 15) is 14.7 Å². The van der Waals surface area contributed by atoms with Crippen LogP contribution in [0.3, 0.4) is 0 Å². The molecule has 0 saturated heterocycles. The predicted molar refractivity (Wildman–Crippen MR) is 80.0 cm³/mol. The topological polar surface area (TPSA) is 83.6 Å². The number of amides is 1. The van der Waals surface area contributed by atoms with Gasteiger partial charge in [-0.2, -0.15) is 0 Å². The number of carboxylic acids is 1. The molecule has 0 heterocycles. The Morgan fingerprint density at radius 3 is 2.55 bits per heavy atom. The maximum absolute atomic E-state index is 12.1. The number of nitrogen functional groups attached to an aromatic ring is 1. The van der Waals surface area contributed by atoms with Crippen molar-refractivity contribution in [1.29, 1.82) is 0 Å². The largest absolute Gasteiger partial charge is 0.478 e. The molecule has 20 heavy (non-hydrogen) atoms. The lowest BCUT2D eigenvalue weighted by molar-refractivity contribution is -0.118. The highest BCUT2D eigenvalue weighted by atomic mass is 16.4. The Morgan fingerprint density at radius 2 is 1.95 bits per heavy atom. The monoisotopic (exact) mass is 278 g/mol. The summed E-state index contributed by atoms with van der Waals surface area (Å²) >= 11 is 0. The number of hydrogen-bond donors (Lipinski definition) is 2. The molecule has 0 bridgehead atoms. The van der Waals surface area contributed by atoms with Crippen molar-refractivity contribution in [3.05, 3.63) is 23.8 Å². The number of carbonyl (C=O) groups is 2. The number of nitrogens with zero attached hydrogens (tertiary/aromatic N) is 1. The highest BCUT2D eigenvalue weighted by Crippen LogP contribution is 2.23. The first kappa shape index (κ1) is 16.0. The second-order valence-electron chi connectivity index (χ2n) is 4.85. The first-order chi connectivity index (χ1) is 9.47. The van der Waals surface area contributed by atoms with Gasteiger partial charge in [0.2, 0.25) is 5.91 Å². The van der Waals surface area contributed by atoms with Crippen LogP contribution in [-0.2, 0) is 4.79 Å². The third-order valence-corrected chi connectivity index (χ3v) is 3.23. The maximum Gasteiger partial charge on any atom is 0.337 e. The van der Waals surface area contributed by atoms with Crippen LogP contribution in [0, 0.1) is 0 Å². The lowest BCUT2D eigenvalue weighted by atomic mass is 10.1. The second kappa shape index (κ2) is 7.53. The summed E-state index contributed by atoms with van der Waals surface area (Å²) in [5.74, 6) is -1.16. The molecule has 0 spiro atoms. The van der Waals surface area contributed by atoms with Gasteiger partial charge in [-0.1, -0.05) is 26.2 Å². The van der Waals surface area contributed by atoms with Gasteiger partial charge in [-0.05, 0) is 24.6 Å². The fraction of sp³-hybridized carbons (Fsp3) is 0.467. The molecule has 1 rings (SSSR count). The molecule has 110 valence electrons. The average Bonchev–Trinajstić information content (AvgIpc) is 2.42. The fourth-order valence-electron chi connectivity index (χ4n) is 2.02. The zero-order valence-corrected chi connectivity index (χ0v) is 12.1. The van der Waals surface area contributed by atoms with Crippen molar-refractivity contribution in [2.24, 2.45) is 0 Å². The summed E-state index contributed by atoms with van der Waals surface area (Å²) in [5.41, 5.74) is 6.39. The minimum Gasteiger partial charge on any atom is -0.478 e. The van der Waals surface area contributed by atoms with Crippen molar-refractivity contribution in [2.75, 3.05) is 17.7 Å². The molecule has 0 unspecified atom stereocenters. The van der Waals surface area contributed by atoms with Crippen LogP contribution in [0.4, 0.5) is 11.4 Å². The van der Waals surface area contributed by atoms with E-state index in [1.165, 1.54) is 11.0 Å². The van der Waals surface area contributed by atoms with Gasteiger partial charge in [0.1, 0.15) is 0 Å². The number of nitrogens with two attached hydrogens (primary N) is 1.